The summed E-state index contributed by atoms with van der Waals surface area (Å²) in [7, 11) is 0. The molecule has 4 heteroatoms. The van der Waals surface area contributed by atoms with Gasteiger partial charge in [-0.3, -0.25) is 0 Å². The van der Waals surface area contributed by atoms with E-state index in [1.54, 1.807) is 11.3 Å². The third-order valence-electron chi connectivity index (χ3n) is 3.57. The third kappa shape index (κ3) is 2.57. The molecule has 0 radical (unpaired) electrons. The van der Waals surface area contributed by atoms with Crippen LogP contribution in [0.15, 0.2) is 53.9 Å². The molecule has 0 atom stereocenters. The lowest BCUT2D eigenvalue weighted by Crippen LogP contribution is -1.97. The molecule has 0 aliphatic carbocycles. The van der Waals surface area contributed by atoms with Gasteiger partial charge < -0.3 is 9.47 Å². The van der Waals surface area contributed by atoms with Gasteiger partial charge in [0.1, 0.15) is 5.01 Å². The fourth-order valence-electron chi connectivity index (χ4n) is 2.44. The Kier molecular flexibility index (Phi) is 3.52. The predicted octanol–water partition coefficient (Wildman–Crippen LogP) is 4.64. The molecule has 3 nitrogen and oxygen atoms in total. The number of thiazole rings is 1. The zero-order valence-corrected chi connectivity index (χ0v) is 12.8. The smallest absolute Gasteiger partial charge is 0.161 e. The molecular formula is C18H15NO2S. The molecule has 0 N–H and O–H groups in total. The molecule has 1 aliphatic heterocycles. The molecule has 0 saturated heterocycles. The Hall–Kier alpha value is -2.33. The van der Waals surface area contributed by atoms with E-state index in [4.69, 9.17) is 14.5 Å². The van der Waals surface area contributed by atoms with Crippen molar-refractivity contribution in [2.45, 2.75) is 6.42 Å². The van der Waals surface area contributed by atoms with Crippen LogP contribution < -0.4 is 9.47 Å². The van der Waals surface area contributed by atoms with Gasteiger partial charge in [0.2, 0.25) is 0 Å². The monoisotopic (exact) mass is 309 g/mol. The molecule has 1 aliphatic rings. The van der Waals surface area contributed by atoms with Crippen LogP contribution in [0.1, 0.15) is 6.42 Å². The second-order valence-electron chi connectivity index (χ2n) is 5.12. The molecule has 0 saturated carbocycles. The SMILES string of the molecule is c1ccc(-c2nc(-c3ccc4c(c3)OCCCO4)cs2)cc1. The first-order valence-corrected chi connectivity index (χ1v) is 8.19. The van der Waals surface area contributed by atoms with Gasteiger partial charge >= 0.3 is 0 Å². The maximum absolute atomic E-state index is 5.75. The lowest BCUT2D eigenvalue weighted by molar-refractivity contribution is 0.297. The van der Waals surface area contributed by atoms with Crippen LogP contribution >= 0.6 is 11.3 Å². The van der Waals surface area contributed by atoms with Crippen molar-refractivity contribution in [1.82, 2.24) is 4.98 Å². The van der Waals surface area contributed by atoms with Crippen LogP contribution in [0.3, 0.4) is 0 Å². The minimum Gasteiger partial charge on any atom is -0.490 e. The van der Waals surface area contributed by atoms with Gasteiger partial charge in [-0.15, -0.1) is 11.3 Å². The Balaban J connectivity index is 1.68. The zero-order chi connectivity index (χ0) is 14.8. The first kappa shape index (κ1) is 13.3. The maximum Gasteiger partial charge on any atom is 0.161 e. The van der Waals surface area contributed by atoms with Crippen LogP contribution in [-0.2, 0) is 0 Å². The van der Waals surface area contributed by atoms with Crippen molar-refractivity contribution < 1.29 is 9.47 Å². The van der Waals surface area contributed by atoms with Gasteiger partial charge in [0.05, 0.1) is 18.9 Å². The van der Waals surface area contributed by atoms with Crippen LogP contribution in [0.2, 0.25) is 0 Å². The third-order valence-corrected chi connectivity index (χ3v) is 4.46. The first-order chi connectivity index (χ1) is 10.9. The number of hydrogen-bond donors (Lipinski definition) is 0. The van der Waals surface area contributed by atoms with Gasteiger partial charge in [0, 0.05) is 22.9 Å². The van der Waals surface area contributed by atoms with Gasteiger partial charge in [0.25, 0.3) is 0 Å². The predicted molar refractivity (Wildman–Crippen MR) is 88.6 cm³/mol. The highest BCUT2D eigenvalue weighted by Crippen LogP contribution is 2.35. The molecule has 1 aromatic heterocycles. The normalized spacial score (nSPS) is 13.6. The van der Waals surface area contributed by atoms with Crippen LogP contribution in [-0.4, -0.2) is 18.2 Å². The topological polar surface area (TPSA) is 31.4 Å². The fraction of sp³-hybridized carbons (Fsp3) is 0.167. The Morgan fingerprint density at radius 3 is 2.55 bits per heavy atom. The second kappa shape index (κ2) is 5.81. The largest absolute Gasteiger partial charge is 0.490 e. The molecule has 110 valence electrons. The Morgan fingerprint density at radius 2 is 1.68 bits per heavy atom. The molecule has 22 heavy (non-hydrogen) atoms. The lowest BCUT2D eigenvalue weighted by Gasteiger charge is -2.08. The Labute approximate surface area is 133 Å². The number of ether oxygens (including phenoxy) is 2. The number of nitrogens with zero attached hydrogens (tertiary/aromatic N) is 1. The number of fused-ring (bicyclic) bond motifs is 1. The van der Waals surface area contributed by atoms with Crippen molar-refractivity contribution in [3.05, 3.63) is 53.9 Å². The van der Waals surface area contributed by atoms with Crippen LogP contribution in [0.5, 0.6) is 11.5 Å². The van der Waals surface area contributed by atoms with Gasteiger partial charge in [-0.05, 0) is 18.2 Å². The van der Waals surface area contributed by atoms with Crippen LogP contribution in [0.25, 0.3) is 21.8 Å². The van der Waals surface area contributed by atoms with Crippen molar-refractivity contribution in [2.24, 2.45) is 0 Å². The minimum atomic E-state index is 0.697. The first-order valence-electron chi connectivity index (χ1n) is 7.31. The highest BCUT2D eigenvalue weighted by molar-refractivity contribution is 7.13. The molecule has 2 aromatic carbocycles. The van der Waals surface area contributed by atoms with E-state index in [-0.39, 0.29) is 0 Å². The molecule has 2 heterocycles. The molecule has 0 amide bonds. The number of aromatic nitrogens is 1. The minimum absolute atomic E-state index is 0.697. The highest BCUT2D eigenvalue weighted by Gasteiger charge is 2.13. The molecule has 0 unspecified atom stereocenters. The molecule has 4 rings (SSSR count). The van der Waals surface area contributed by atoms with E-state index >= 15 is 0 Å². The Bertz CT molecular complexity index is 783. The number of rotatable bonds is 2. The van der Waals surface area contributed by atoms with Crippen LogP contribution in [0.4, 0.5) is 0 Å². The van der Waals surface area contributed by atoms with Crippen molar-refractivity contribution >= 4 is 11.3 Å². The number of hydrogen-bond acceptors (Lipinski definition) is 4. The highest BCUT2D eigenvalue weighted by atomic mass is 32.1. The van der Waals surface area contributed by atoms with E-state index in [1.165, 1.54) is 0 Å². The summed E-state index contributed by atoms with van der Waals surface area (Å²) < 4.78 is 11.4. The van der Waals surface area contributed by atoms with Gasteiger partial charge in [-0.1, -0.05) is 30.3 Å². The average Bonchev–Trinajstić information content (AvgIpc) is 2.95. The summed E-state index contributed by atoms with van der Waals surface area (Å²) >= 11 is 1.66. The summed E-state index contributed by atoms with van der Waals surface area (Å²) in [6.07, 6.45) is 0.916. The van der Waals surface area contributed by atoms with Crippen molar-refractivity contribution in [3.63, 3.8) is 0 Å². The van der Waals surface area contributed by atoms with Gasteiger partial charge in [-0.2, -0.15) is 0 Å². The average molecular weight is 309 g/mol. The van der Waals surface area contributed by atoms with Crippen molar-refractivity contribution in [1.29, 1.82) is 0 Å². The molecule has 3 aromatic rings. The van der Waals surface area contributed by atoms with E-state index in [1.807, 2.05) is 36.4 Å². The molecular weight excluding hydrogens is 294 g/mol. The summed E-state index contributed by atoms with van der Waals surface area (Å²) in [4.78, 5) is 4.75. The summed E-state index contributed by atoms with van der Waals surface area (Å²) in [5, 5.41) is 3.12. The van der Waals surface area contributed by atoms with E-state index in [9.17, 15) is 0 Å². The lowest BCUT2D eigenvalue weighted by atomic mass is 10.1. The van der Waals surface area contributed by atoms with Crippen molar-refractivity contribution in [3.8, 4) is 33.3 Å². The molecule has 0 spiro atoms. The van der Waals surface area contributed by atoms with E-state index < -0.39 is 0 Å². The van der Waals surface area contributed by atoms with Gasteiger partial charge in [-0.25, -0.2) is 4.98 Å². The molecule has 0 fully saturated rings. The Morgan fingerprint density at radius 1 is 0.864 bits per heavy atom. The quantitative estimate of drug-likeness (QED) is 0.691. The van der Waals surface area contributed by atoms with Gasteiger partial charge in [0.15, 0.2) is 11.5 Å². The summed E-state index contributed by atoms with van der Waals surface area (Å²) in [6.45, 7) is 1.41. The maximum atomic E-state index is 5.75. The fourth-order valence-corrected chi connectivity index (χ4v) is 3.28. The van der Waals surface area contributed by atoms with E-state index in [0.717, 1.165) is 39.7 Å². The van der Waals surface area contributed by atoms with Crippen molar-refractivity contribution in [2.75, 3.05) is 13.2 Å². The van der Waals surface area contributed by atoms with E-state index in [0.29, 0.717) is 13.2 Å². The summed E-state index contributed by atoms with van der Waals surface area (Å²) in [5.74, 6) is 1.63. The number of benzene rings is 2. The molecule has 0 bridgehead atoms. The van der Waals surface area contributed by atoms with Crippen LogP contribution in [0, 0.1) is 0 Å². The standard InChI is InChI=1S/C18H15NO2S/c1-2-5-13(6-3-1)18-19-15(12-22-18)14-7-8-16-17(11-14)21-10-4-9-20-16/h1-3,5-8,11-12H,4,9-10H2. The zero-order valence-electron chi connectivity index (χ0n) is 12.0. The summed E-state index contributed by atoms with van der Waals surface area (Å²) in [5.41, 5.74) is 3.18. The summed E-state index contributed by atoms with van der Waals surface area (Å²) in [6, 6.07) is 16.3. The second-order valence-corrected chi connectivity index (χ2v) is 5.97. The van der Waals surface area contributed by atoms with E-state index in [2.05, 4.69) is 17.5 Å².